The molecule has 1 fully saturated rings. The fourth-order valence-electron chi connectivity index (χ4n) is 1.61. The Morgan fingerprint density at radius 1 is 1.56 bits per heavy atom. The van der Waals surface area contributed by atoms with Crippen molar-refractivity contribution in [2.24, 2.45) is 0 Å². The van der Waals surface area contributed by atoms with Crippen molar-refractivity contribution in [3.05, 3.63) is 17.5 Å². The minimum Gasteiger partial charge on any atom is -0.318 e. The number of sulfonamides is 1. The van der Waals surface area contributed by atoms with Crippen LogP contribution in [0.25, 0.3) is 0 Å². The van der Waals surface area contributed by atoms with Crippen molar-refractivity contribution in [2.75, 3.05) is 20.1 Å². The third kappa shape index (κ3) is 2.45. The quantitative estimate of drug-likeness (QED) is 0.834. The third-order valence-electron chi connectivity index (χ3n) is 2.59. The molecule has 1 N–H and O–H groups in total. The van der Waals surface area contributed by atoms with E-state index in [4.69, 9.17) is 0 Å². The molecule has 0 unspecified atom stereocenters. The zero-order valence-electron chi connectivity index (χ0n) is 9.22. The van der Waals surface area contributed by atoms with Crippen molar-refractivity contribution in [3.63, 3.8) is 0 Å². The summed E-state index contributed by atoms with van der Waals surface area (Å²) in [7, 11) is -1.42. The predicted molar refractivity (Wildman–Crippen MR) is 65.2 cm³/mol. The Bertz CT molecular complexity index is 424. The molecule has 1 aromatic rings. The monoisotopic (exact) mass is 260 g/mol. The lowest BCUT2D eigenvalue weighted by molar-refractivity contribution is 0.403. The molecular formula is C10H16N2O2S2. The second kappa shape index (κ2) is 4.83. The van der Waals surface area contributed by atoms with E-state index in [1.54, 1.807) is 21.8 Å². The molecule has 1 saturated carbocycles. The normalized spacial score (nSPS) is 16.9. The van der Waals surface area contributed by atoms with Gasteiger partial charge in [-0.1, -0.05) is 6.07 Å². The van der Waals surface area contributed by atoms with Gasteiger partial charge in [-0.2, -0.15) is 4.31 Å². The lowest BCUT2D eigenvalue weighted by Gasteiger charge is -2.20. The first-order chi connectivity index (χ1) is 7.66. The zero-order chi connectivity index (χ0) is 11.6. The van der Waals surface area contributed by atoms with Crippen LogP contribution in [0.4, 0.5) is 0 Å². The first kappa shape index (κ1) is 12.0. The van der Waals surface area contributed by atoms with Gasteiger partial charge >= 0.3 is 0 Å². The summed E-state index contributed by atoms with van der Waals surface area (Å²) in [6.07, 6.45) is 1.99. The summed E-state index contributed by atoms with van der Waals surface area (Å²) >= 11 is 1.29. The summed E-state index contributed by atoms with van der Waals surface area (Å²) in [5, 5.41) is 4.80. The Morgan fingerprint density at radius 2 is 2.31 bits per heavy atom. The predicted octanol–water partition coefficient (Wildman–Crippen LogP) is 1.12. The van der Waals surface area contributed by atoms with Gasteiger partial charge in [-0.25, -0.2) is 8.42 Å². The van der Waals surface area contributed by atoms with Crippen molar-refractivity contribution in [3.8, 4) is 0 Å². The minimum absolute atomic E-state index is 0.223. The molecule has 0 spiro atoms. The summed E-state index contributed by atoms with van der Waals surface area (Å²) in [6, 6.07) is 3.68. The van der Waals surface area contributed by atoms with Gasteiger partial charge in [0.25, 0.3) is 10.0 Å². The molecule has 0 aliphatic heterocycles. The minimum atomic E-state index is -3.25. The topological polar surface area (TPSA) is 49.4 Å². The van der Waals surface area contributed by atoms with Gasteiger partial charge in [-0.15, -0.1) is 11.3 Å². The summed E-state index contributed by atoms with van der Waals surface area (Å²) in [4.78, 5) is 0. The molecule has 1 aliphatic carbocycles. The van der Waals surface area contributed by atoms with Gasteiger partial charge in [0.1, 0.15) is 4.21 Å². The van der Waals surface area contributed by atoms with Crippen LogP contribution in [-0.4, -0.2) is 38.9 Å². The van der Waals surface area contributed by atoms with E-state index in [0.717, 1.165) is 12.8 Å². The number of nitrogens with one attached hydrogen (secondary N) is 1. The second-order valence-corrected chi connectivity index (χ2v) is 6.95. The molecular weight excluding hydrogens is 244 g/mol. The van der Waals surface area contributed by atoms with Crippen LogP contribution in [-0.2, 0) is 10.0 Å². The maximum atomic E-state index is 12.3. The Kier molecular flexibility index (Phi) is 3.63. The van der Waals surface area contributed by atoms with Gasteiger partial charge in [-0.3, -0.25) is 0 Å². The Labute approximate surface area is 100 Å². The first-order valence-electron chi connectivity index (χ1n) is 5.36. The highest BCUT2D eigenvalue weighted by molar-refractivity contribution is 7.91. The van der Waals surface area contributed by atoms with Crippen LogP contribution in [0.3, 0.4) is 0 Å². The summed E-state index contributed by atoms with van der Waals surface area (Å²) < 4.78 is 26.7. The highest BCUT2D eigenvalue weighted by Gasteiger charge is 2.37. The van der Waals surface area contributed by atoms with E-state index in [0.29, 0.717) is 17.3 Å². The fraction of sp³-hybridized carbons (Fsp3) is 0.600. The van der Waals surface area contributed by atoms with E-state index < -0.39 is 10.0 Å². The van der Waals surface area contributed by atoms with Crippen LogP contribution in [0.5, 0.6) is 0 Å². The number of rotatable bonds is 6. The number of hydrogen-bond donors (Lipinski definition) is 1. The molecule has 16 heavy (non-hydrogen) atoms. The van der Waals surface area contributed by atoms with E-state index in [9.17, 15) is 8.42 Å². The van der Waals surface area contributed by atoms with Crippen molar-refractivity contribution in [1.82, 2.24) is 9.62 Å². The molecule has 1 heterocycles. The summed E-state index contributed by atoms with van der Waals surface area (Å²) in [5.74, 6) is 0. The van der Waals surface area contributed by atoms with Gasteiger partial charge in [-0.05, 0) is 31.3 Å². The largest absolute Gasteiger partial charge is 0.318 e. The van der Waals surface area contributed by atoms with Gasteiger partial charge in [0.15, 0.2) is 0 Å². The fourth-order valence-corrected chi connectivity index (χ4v) is 4.41. The smallest absolute Gasteiger partial charge is 0.252 e. The Balaban J connectivity index is 2.18. The molecule has 0 amide bonds. The van der Waals surface area contributed by atoms with Crippen LogP contribution in [0.15, 0.2) is 21.7 Å². The number of hydrogen-bond acceptors (Lipinski definition) is 4. The highest BCUT2D eigenvalue weighted by Crippen LogP contribution is 2.32. The standard InChI is InChI=1S/C10H16N2O2S2/c1-11-6-7-12(9-4-5-9)16(13,14)10-3-2-8-15-10/h2-3,8-9,11H,4-7H2,1H3. The van der Waals surface area contributed by atoms with E-state index in [2.05, 4.69) is 5.32 Å². The van der Waals surface area contributed by atoms with E-state index >= 15 is 0 Å². The molecule has 2 rings (SSSR count). The third-order valence-corrected chi connectivity index (χ3v) is 5.92. The SMILES string of the molecule is CNCCN(C1CC1)S(=O)(=O)c1cccs1. The average Bonchev–Trinajstić information content (AvgIpc) is 2.92. The van der Waals surface area contributed by atoms with Gasteiger partial charge in [0.05, 0.1) is 0 Å². The lowest BCUT2D eigenvalue weighted by Crippen LogP contribution is -2.37. The summed E-state index contributed by atoms with van der Waals surface area (Å²) in [5.41, 5.74) is 0. The molecule has 1 aromatic heterocycles. The highest BCUT2D eigenvalue weighted by atomic mass is 32.2. The average molecular weight is 260 g/mol. The maximum absolute atomic E-state index is 12.3. The van der Waals surface area contributed by atoms with Crippen molar-refractivity contribution < 1.29 is 8.42 Å². The molecule has 0 atom stereocenters. The molecule has 4 nitrogen and oxygen atoms in total. The number of thiophene rings is 1. The van der Waals surface area contributed by atoms with Crippen LogP contribution >= 0.6 is 11.3 Å². The van der Waals surface area contributed by atoms with Crippen molar-refractivity contribution in [2.45, 2.75) is 23.1 Å². The number of likely N-dealkylation sites (N-methyl/N-ethyl adjacent to an activating group) is 1. The Hall–Kier alpha value is -0.430. The molecule has 0 radical (unpaired) electrons. The van der Waals surface area contributed by atoms with Crippen LogP contribution in [0, 0.1) is 0 Å². The second-order valence-electron chi connectivity index (χ2n) is 3.88. The Morgan fingerprint density at radius 3 is 2.81 bits per heavy atom. The van der Waals surface area contributed by atoms with Crippen molar-refractivity contribution in [1.29, 1.82) is 0 Å². The van der Waals surface area contributed by atoms with Crippen LogP contribution < -0.4 is 5.32 Å². The maximum Gasteiger partial charge on any atom is 0.252 e. The molecule has 1 aliphatic rings. The van der Waals surface area contributed by atoms with Gasteiger partial charge in [0, 0.05) is 19.1 Å². The number of nitrogens with zero attached hydrogens (tertiary/aromatic N) is 1. The first-order valence-corrected chi connectivity index (χ1v) is 7.68. The zero-order valence-corrected chi connectivity index (χ0v) is 10.9. The van der Waals surface area contributed by atoms with Gasteiger partial charge < -0.3 is 5.32 Å². The molecule has 0 bridgehead atoms. The van der Waals surface area contributed by atoms with E-state index in [-0.39, 0.29) is 6.04 Å². The van der Waals surface area contributed by atoms with Gasteiger partial charge in [0.2, 0.25) is 0 Å². The lowest BCUT2D eigenvalue weighted by atomic mass is 10.6. The molecule has 0 aromatic carbocycles. The van der Waals surface area contributed by atoms with E-state index in [1.165, 1.54) is 11.3 Å². The van der Waals surface area contributed by atoms with Crippen LogP contribution in [0.1, 0.15) is 12.8 Å². The summed E-state index contributed by atoms with van der Waals surface area (Å²) in [6.45, 7) is 1.25. The van der Waals surface area contributed by atoms with Crippen molar-refractivity contribution >= 4 is 21.4 Å². The van der Waals surface area contributed by atoms with Crippen LogP contribution in [0.2, 0.25) is 0 Å². The molecule has 90 valence electrons. The molecule has 6 heteroatoms. The van der Waals surface area contributed by atoms with E-state index in [1.807, 2.05) is 7.05 Å². The molecule has 0 saturated heterocycles.